The maximum Gasteiger partial charge on any atom is 0.230 e. The molecule has 1 aliphatic rings. The van der Waals surface area contributed by atoms with Gasteiger partial charge in [0.15, 0.2) is 28.8 Å². The third kappa shape index (κ3) is 2.68. The molecule has 1 aliphatic carbocycles. The van der Waals surface area contributed by atoms with Crippen molar-refractivity contribution in [2.75, 3.05) is 5.32 Å². The van der Waals surface area contributed by atoms with Crippen molar-refractivity contribution in [2.45, 2.75) is 12.3 Å². The highest BCUT2D eigenvalue weighted by Gasteiger charge is 2.44. The molecule has 1 heterocycles. The number of amides is 1. The number of nitrogens with one attached hydrogen (secondary N) is 2. The van der Waals surface area contributed by atoms with E-state index < -0.39 is 35.2 Å². The summed E-state index contributed by atoms with van der Waals surface area (Å²) >= 11 is 0. The van der Waals surface area contributed by atoms with Gasteiger partial charge in [-0.25, -0.2) is 18.2 Å². The summed E-state index contributed by atoms with van der Waals surface area (Å²) in [4.78, 5) is 18.3. The van der Waals surface area contributed by atoms with Crippen molar-refractivity contribution < 1.29 is 18.0 Å². The molecular weight excluding hydrogens is 323 g/mol. The van der Waals surface area contributed by atoms with Crippen LogP contribution in [0, 0.1) is 46.0 Å². The SMILES string of the molecule is N#Cc1nc(NC(=O)C2CC2c2cc(F)c(F)c(F)c2)[nH]c1C#N. The van der Waals surface area contributed by atoms with Crippen LogP contribution in [0.15, 0.2) is 12.1 Å². The van der Waals surface area contributed by atoms with Gasteiger partial charge in [0.25, 0.3) is 0 Å². The first kappa shape index (κ1) is 15.6. The van der Waals surface area contributed by atoms with Crippen LogP contribution in [-0.4, -0.2) is 15.9 Å². The summed E-state index contributed by atoms with van der Waals surface area (Å²) in [5.74, 6) is -5.70. The van der Waals surface area contributed by atoms with Gasteiger partial charge >= 0.3 is 0 Å². The number of hydrogen-bond donors (Lipinski definition) is 2. The molecule has 120 valence electrons. The third-order valence-electron chi connectivity index (χ3n) is 3.72. The van der Waals surface area contributed by atoms with Crippen molar-refractivity contribution in [1.29, 1.82) is 10.5 Å². The maximum absolute atomic E-state index is 13.2. The molecule has 1 amide bonds. The number of halogens is 3. The first-order valence-corrected chi connectivity index (χ1v) is 6.80. The number of imidazole rings is 1. The van der Waals surface area contributed by atoms with Crippen molar-refractivity contribution >= 4 is 11.9 Å². The lowest BCUT2D eigenvalue weighted by atomic mass is 10.1. The van der Waals surface area contributed by atoms with Crippen molar-refractivity contribution in [1.82, 2.24) is 9.97 Å². The molecule has 0 saturated heterocycles. The summed E-state index contributed by atoms with van der Waals surface area (Å²) in [5, 5.41) is 20.0. The quantitative estimate of drug-likeness (QED) is 0.842. The highest BCUT2D eigenvalue weighted by molar-refractivity contribution is 5.94. The van der Waals surface area contributed by atoms with Gasteiger partial charge in [-0.2, -0.15) is 10.5 Å². The molecule has 1 aromatic carbocycles. The van der Waals surface area contributed by atoms with Crippen LogP contribution < -0.4 is 5.32 Å². The van der Waals surface area contributed by atoms with Crippen LogP contribution in [-0.2, 0) is 4.79 Å². The number of rotatable bonds is 3. The Morgan fingerprint density at radius 1 is 1.25 bits per heavy atom. The molecule has 0 radical (unpaired) electrons. The van der Waals surface area contributed by atoms with Gasteiger partial charge in [0.05, 0.1) is 0 Å². The number of carbonyl (C=O) groups is 1. The Bertz CT molecular complexity index is 870. The van der Waals surface area contributed by atoms with Crippen LogP contribution in [0.5, 0.6) is 0 Å². The number of H-pyrrole nitrogens is 1. The highest BCUT2D eigenvalue weighted by Crippen LogP contribution is 2.48. The summed E-state index contributed by atoms with van der Waals surface area (Å²) in [6, 6.07) is 5.16. The number of hydrogen-bond acceptors (Lipinski definition) is 4. The highest BCUT2D eigenvalue weighted by atomic mass is 19.2. The number of benzene rings is 1. The van der Waals surface area contributed by atoms with E-state index in [-0.39, 0.29) is 22.9 Å². The smallest absolute Gasteiger partial charge is 0.230 e. The first-order valence-electron chi connectivity index (χ1n) is 6.80. The molecule has 0 aliphatic heterocycles. The zero-order chi connectivity index (χ0) is 17.4. The van der Waals surface area contributed by atoms with E-state index in [4.69, 9.17) is 10.5 Å². The van der Waals surface area contributed by atoms with E-state index in [9.17, 15) is 18.0 Å². The maximum atomic E-state index is 13.2. The average Bonchev–Trinajstić information content (AvgIpc) is 3.27. The van der Waals surface area contributed by atoms with Crippen molar-refractivity contribution in [3.8, 4) is 12.1 Å². The number of carbonyl (C=O) groups excluding carboxylic acids is 1. The minimum atomic E-state index is -1.55. The van der Waals surface area contributed by atoms with E-state index in [0.29, 0.717) is 6.42 Å². The molecule has 9 heteroatoms. The first-order chi connectivity index (χ1) is 11.4. The third-order valence-corrected chi connectivity index (χ3v) is 3.72. The van der Waals surface area contributed by atoms with E-state index in [1.165, 1.54) is 0 Å². The van der Waals surface area contributed by atoms with Gasteiger partial charge in [0.1, 0.15) is 12.1 Å². The summed E-state index contributed by atoms with van der Waals surface area (Å²) < 4.78 is 39.4. The zero-order valence-corrected chi connectivity index (χ0v) is 11.9. The number of nitriles is 2. The Kier molecular flexibility index (Phi) is 3.70. The summed E-state index contributed by atoms with van der Waals surface area (Å²) in [6.45, 7) is 0. The van der Waals surface area contributed by atoms with Crippen LogP contribution in [0.2, 0.25) is 0 Å². The minimum Gasteiger partial charge on any atom is -0.314 e. The lowest BCUT2D eigenvalue weighted by Crippen LogP contribution is -2.15. The van der Waals surface area contributed by atoms with E-state index in [1.54, 1.807) is 12.1 Å². The fourth-order valence-corrected chi connectivity index (χ4v) is 2.45. The lowest BCUT2D eigenvalue weighted by molar-refractivity contribution is -0.117. The molecule has 24 heavy (non-hydrogen) atoms. The van der Waals surface area contributed by atoms with Crippen molar-refractivity contribution in [3.05, 3.63) is 46.5 Å². The van der Waals surface area contributed by atoms with E-state index in [0.717, 1.165) is 12.1 Å². The Morgan fingerprint density at radius 2 is 1.92 bits per heavy atom. The number of aromatic nitrogens is 2. The topological polar surface area (TPSA) is 105 Å². The predicted octanol–water partition coefficient (Wildman–Crippen LogP) is 2.31. The fraction of sp³-hybridized carbons (Fsp3) is 0.200. The number of aromatic amines is 1. The second kappa shape index (κ2) is 5.70. The molecule has 0 bridgehead atoms. The summed E-state index contributed by atoms with van der Waals surface area (Å²) in [7, 11) is 0. The van der Waals surface area contributed by atoms with E-state index >= 15 is 0 Å². The average molecular weight is 331 g/mol. The van der Waals surface area contributed by atoms with Crippen LogP contribution >= 0.6 is 0 Å². The van der Waals surface area contributed by atoms with Gasteiger partial charge in [-0.1, -0.05) is 0 Å². The normalized spacial score (nSPS) is 18.5. The molecule has 2 aromatic rings. The minimum absolute atomic E-state index is 0.0600. The van der Waals surface area contributed by atoms with Gasteiger partial charge in [0.2, 0.25) is 11.9 Å². The van der Waals surface area contributed by atoms with Gasteiger partial charge in [0, 0.05) is 5.92 Å². The zero-order valence-electron chi connectivity index (χ0n) is 11.9. The van der Waals surface area contributed by atoms with E-state index in [2.05, 4.69) is 15.3 Å². The van der Waals surface area contributed by atoms with Gasteiger partial charge in [-0.3, -0.25) is 10.1 Å². The van der Waals surface area contributed by atoms with Gasteiger partial charge in [-0.15, -0.1) is 0 Å². The Balaban J connectivity index is 1.72. The number of nitrogens with zero attached hydrogens (tertiary/aromatic N) is 3. The summed E-state index contributed by atoms with van der Waals surface area (Å²) in [6.07, 6.45) is 0.341. The van der Waals surface area contributed by atoms with Crippen LogP contribution in [0.3, 0.4) is 0 Å². The molecule has 6 nitrogen and oxygen atoms in total. The molecule has 3 rings (SSSR count). The van der Waals surface area contributed by atoms with E-state index in [1.807, 2.05) is 0 Å². The molecule has 1 fully saturated rings. The summed E-state index contributed by atoms with van der Waals surface area (Å²) in [5.41, 5.74) is -0.0351. The molecule has 2 N–H and O–H groups in total. The Morgan fingerprint density at radius 3 is 2.46 bits per heavy atom. The number of anilines is 1. The second-order valence-electron chi connectivity index (χ2n) is 5.27. The van der Waals surface area contributed by atoms with Gasteiger partial charge in [-0.05, 0) is 30.0 Å². The molecule has 2 unspecified atom stereocenters. The van der Waals surface area contributed by atoms with Crippen LogP contribution in [0.25, 0.3) is 0 Å². The molecule has 0 spiro atoms. The fourth-order valence-electron chi connectivity index (χ4n) is 2.45. The van der Waals surface area contributed by atoms with Gasteiger partial charge < -0.3 is 4.98 Å². The lowest BCUT2D eigenvalue weighted by Gasteiger charge is -2.03. The van der Waals surface area contributed by atoms with Crippen molar-refractivity contribution in [3.63, 3.8) is 0 Å². The standard InChI is InChI=1S/C15H8F3N5O/c16-9-1-6(2-10(17)13(9)18)7-3-8(7)14(24)23-15-21-11(4-19)12(5-20)22-15/h1-2,7-8H,3H2,(H2,21,22,23,24). The monoisotopic (exact) mass is 331 g/mol. The molecule has 1 aromatic heterocycles. The molecular formula is C15H8F3N5O. The predicted molar refractivity (Wildman–Crippen MR) is 73.8 cm³/mol. The van der Waals surface area contributed by atoms with Crippen LogP contribution in [0.1, 0.15) is 29.3 Å². The molecule has 1 saturated carbocycles. The Hall–Kier alpha value is -3.33. The molecule has 2 atom stereocenters. The Labute approximate surface area is 133 Å². The second-order valence-corrected chi connectivity index (χ2v) is 5.27. The largest absolute Gasteiger partial charge is 0.314 e. The van der Waals surface area contributed by atoms with Crippen LogP contribution in [0.4, 0.5) is 19.1 Å². The van der Waals surface area contributed by atoms with Crippen molar-refractivity contribution in [2.24, 2.45) is 5.92 Å².